The fourth-order valence-corrected chi connectivity index (χ4v) is 3.14. The molecule has 0 unspecified atom stereocenters. The predicted octanol–water partition coefficient (Wildman–Crippen LogP) is 4.81. The number of fused-ring (bicyclic) bond motifs is 1. The molecule has 4 aromatic rings. The average Bonchev–Trinajstić information content (AvgIpc) is 3.17. The summed E-state index contributed by atoms with van der Waals surface area (Å²) in [5.74, 6) is 1.56. The highest BCUT2D eigenvalue weighted by Gasteiger charge is 2.08. The zero-order valence-corrected chi connectivity index (χ0v) is 15.6. The molecule has 3 aromatic carbocycles. The van der Waals surface area contributed by atoms with E-state index in [1.807, 2.05) is 72.8 Å². The number of amides is 1. The van der Waals surface area contributed by atoms with Crippen LogP contribution in [-0.4, -0.2) is 23.0 Å². The number of rotatable bonds is 6. The van der Waals surface area contributed by atoms with Crippen molar-refractivity contribution in [1.82, 2.24) is 9.97 Å². The first-order valence-corrected chi connectivity index (χ1v) is 9.19. The smallest absolute Gasteiger partial charge is 0.224 e. The van der Waals surface area contributed by atoms with Crippen LogP contribution in [0, 0.1) is 0 Å². The Balaban J connectivity index is 1.43. The van der Waals surface area contributed by atoms with Crippen molar-refractivity contribution in [3.63, 3.8) is 0 Å². The van der Waals surface area contributed by atoms with Gasteiger partial charge in [0.25, 0.3) is 0 Å². The van der Waals surface area contributed by atoms with E-state index in [4.69, 9.17) is 4.74 Å². The van der Waals surface area contributed by atoms with Crippen LogP contribution >= 0.6 is 0 Å². The lowest BCUT2D eigenvalue weighted by molar-refractivity contribution is -0.116. The van der Waals surface area contributed by atoms with Crippen LogP contribution in [0.25, 0.3) is 22.4 Å². The molecule has 0 bridgehead atoms. The summed E-state index contributed by atoms with van der Waals surface area (Å²) in [6.45, 7) is 0. The first-order valence-electron chi connectivity index (χ1n) is 9.19. The molecule has 0 aliphatic heterocycles. The molecule has 0 fully saturated rings. The van der Waals surface area contributed by atoms with Crippen molar-refractivity contribution in [3.8, 4) is 17.1 Å². The Morgan fingerprint density at radius 1 is 1.04 bits per heavy atom. The number of benzene rings is 3. The lowest BCUT2D eigenvalue weighted by Gasteiger charge is -2.07. The summed E-state index contributed by atoms with van der Waals surface area (Å²) < 4.78 is 5.22. The van der Waals surface area contributed by atoms with Crippen molar-refractivity contribution >= 4 is 22.6 Å². The molecule has 2 N–H and O–H groups in total. The number of nitrogens with zero attached hydrogens (tertiary/aromatic N) is 1. The maximum atomic E-state index is 12.4. The van der Waals surface area contributed by atoms with Crippen LogP contribution in [0.4, 0.5) is 5.69 Å². The third-order valence-corrected chi connectivity index (χ3v) is 4.58. The van der Waals surface area contributed by atoms with Crippen LogP contribution in [0.5, 0.6) is 5.75 Å². The van der Waals surface area contributed by atoms with Crippen LogP contribution in [-0.2, 0) is 11.2 Å². The molecule has 0 saturated carbocycles. The van der Waals surface area contributed by atoms with Crippen molar-refractivity contribution in [2.45, 2.75) is 12.8 Å². The molecule has 0 saturated heterocycles. The van der Waals surface area contributed by atoms with Gasteiger partial charge < -0.3 is 15.0 Å². The second kappa shape index (κ2) is 7.96. The van der Waals surface area contributed by atoms with Gasteiger partial charge in [-0.25, -0.2) is 4.98 Å². The van der Waals surface area contributed by atoms with Crippen molar-refractivity contribution < 1.29 is 9.53 Å². The fraction of sp³-hybridized carbons (Fsp3) is 0.130. The van der Waals surface area contributed by atoms with E-state index in [9.17, 15) is 4.79 Å². The minimum absolute atomic E-state index is 0.0235. The minimum atomic E-state index is -0.0235. The number of ether oxygens (including phenoxy) is 1. The Labute approximate surface area is 163 Å². The second-order valence-electron chi connectivity index (χ2n) is 6.58. The zero-order valence-electron chi connectivity index (χ0n) is 15.6. The molecule has 0 aliphatic rings. The molecule has 0 aliphatic carbocycles. The van der Waals surface area contributed by atoms with Crippen LogP contribution in [0.3, 0.4) is 0 Å². The van der Waals surface area contributed by atoms with E-state index >= 15 is 0 Å². The van der Waals surface area contributed by atoms with Crippen molar-refractivity contribution in [2.75, 3.05) is 12.4 Å². The molecule has 0 radical (unpaired) electrons. The summed E-state index contributed by atoms with van der Waals surface area (Å²) in [5, 5.41) is 2.97. The summed E-state index contributed by atoms with van der Waals surface area (Å²) in [6, 6.07) is 23.4. The normalized spacial score (nSPS) is 10.8. The Morgan fingerprint density at radius 2 is 1.89 bits per heavy atom. The summed E-state index contributed by atoms with van der Waals surface area (Å²) in [5.41, 5.74) is 4.68. The SMILES string of the molecule is COc1cccc(CCC(=O)Nc2cccc(-c3nc4ccccc4[nH]3)c2)c1. The van der Waals surface area contributed by atoms with E-state index in [1.54, 1.807) is 7.11 Å². The fourth-order valence-electron chi connectivity index (χ4n) is 3.14. The van der Waals surface area contributed by atoms with Gasteiger partial charge in [-0.3, -0.25) is 4.79 Å². The molecule has 1 aromatic heterocycles. The minimum Gasteiger partial charge on any atom is -0.497 e. The van der Waals surface area contributed by atoms with Gasteiger partial charge in [-0.05, 0) is 48.4 Å². The monoisotopic (exact) mass is 371 g/mol. The number of methoxy groups -OCH3 is 1. The molecule has 28 heavy (non-hydrogen) atoms. The molecular formula is C23H21N3O2. The number of para-hydroxylation sites is 2. The Morgan fingerprint density at radius 3 is 2.75 bits per heavy atom. The quantitative estimate of drug-likeness (QED) is 0.511. The van der Waals surface area contributed by atoms with E-state index in [0.717, 1.165) is 39.4 Å². The molecule has 5 nitrogen and oxygen atoms in total. The predicted molar refractivity (Wildman–Crippen MR) is 111 cm³/mol. The van der Waals surface area contributed by atoms with Gasteiger partial charge in [0.05, 0.1) is 18.1 Å². The van der Waals surface area contributed by atoms with Crippen LogP contribution in [0.1, 0.15) is 12.0 Å². The van der Waals surface area contributed by atoms with Gasteiger partial charge in [-0.1, -0.05) is 36.4 Å². The van der Waals surface area contributed by atoms with Gasteiger partial charge in [0, 0.05) is 17.7 Å². The number of aromatic amines is 1. The van der Waals surface area contributed by atoms with Crippen LogP contribution in [0.15, 0.2) is 72.8 Å². The number of carbonyl (C=O) groups excluding carboxylic acids is 1. The maximum absolute atomic E-state index is 12.4. The van der Waals surface area contributed by atoms with Gasteiger partial charge in [0.1, 0.15) is 11.6 Å². The first kappa shape index (κ1) is 17.8. The molecule has 0 spiro atoms. The lowest BCUT2D eigenvalue weighted by atomic mass is 10.1. The maximum Gasteiger partial charge on any atom is 0.224 e. The highest BCUT2D eigenvalue weighted by atomic mass is 16.5. The number of aromatic nitrogens is 2. The van der Waals surface area contributed by atoms with Gasteiger partial charge in [-0.2, -0.15) is 0 Å². The van der Waals surface area contributed by atoms with Gasteiger partial charge in [0.2, 0.25) is 5.91 Å². The zero-order chi connectivity index (χ0) is 19.3. The summed E-state index contributed by atoms with van der Waals surface area (Å²) in [6.07, 6.45) is 1.06. The number of hydrogen-bond donors (Lipinski definition) is 2. The number of hydrogen-bond acceptors (Lipinski definition) is 3. The van der Waals surface area contributed by atoms with E-state index in [1.165, 1.54) is 0 Å². The number of anilines is 1. The molecule has 0 atom stereocenters. The third kappa shape index (κ3) is 4.04. The Kier molecular flexibility index (Phi) is 5.06. The topological polar surface area (TPSA) is 67.0 Å². The van der Waals surface area contributed by atoms with Gasteiger partial charge in [-0.15, -0.1) is 0 Å². The first-order chi connectivity index (χ1) is 13.7. The number of nitrogens with one attached hydrogen (secondary N) is 2. The molecule has 5 heteroatoms. The Hall–Kier alpha value is -3.60. The number of carbonyl (C=O) groups is 1. The second-order valence-corrected chi connectivity index (χ2v) is 6.58. The number of H-pyrrole nitrogens is 1. The van der Waals surface area contributed by atoms with E-state index in [-0.39, 0.29) is 5.91 Å². The standard InChI is InChI=1S/C23H21N3O2/c1-28-19-9-4-6-16(14-19)12-13-22(27)24-18-8-5-7-17(15-18)23-25-20-10-2-3-11-21(20)26-23/h2-11,14-15H,12-13H2,1H3,(H,24,27)(H,25,26). The van der Waals surface area contributed by atoms with Crippen LogP contribution in [0.2, 0.25) is 0 Å². The summed E-state index contributed by atoms with van der Waals surface area (Å²) in [7, 11) is 1.64. The van der Waals surface area contributed by atoms with Crippen LogP contribution < -0.4 is 10.1 Å². The average molecular weight is 371 g/mol. The highest BCUT2D eigenvalue weighted by Crippen LogP contribution is 2.23. The van der Waals surface area contributed by atoms with Gasteiger partial charge >= 0.3 is 0 Å². The summed E-state index contributed by atoms with van der Waals surface area (Å²) in [4.78, 5) is 20.3. The number of imidazole rings is 1. The molecule has 140 valence electrons. The highest BCUT2D eigenvalue weighted by molar-refractivity contribution is 5.91. The Bertz CT molecular complexity index is 1080. The number of aryl methyl sites for hydroxylation is 1. The molecule has 1 amide bonds. The van der Waals surface area contributed by atoms with E-state index in [0.29, 0.717) is 12.8 Å². The van der Waals surface area contributed by atoms with E-state index < -0.39 is 0 Å². The molecule has 1 heterocycles. The lowest BCUT2D eigenvalue weighted by Crippen LogP contribution is -2.12. The van der Waals surface area contributed by atoms with Crippen molar-refractivity contribution in [3.05, 3.63) is 78.4 Å². The summed E-state index contributed by atoms with van der Waals surface area (Å²) >= 11 is 0. The third-order valence-electron chi connectivity index (χ3n) is 4.58. The van der Waals surface area contributed by atoms with E-state index in [2.05, 4.69) is 15.3 Å². The largest absolute Gasteiger partial charge is 0.497 e. The van der Waals surface area contributed by atoms with Gasteiger partial charge in [0.15, 0.2) is 0 Å². The molecular weight excluding hydrogens is 350 g/mol. The molecule has 4 rings (SSSR count). The van der Waals surface area contributed by atoms with Crippen molar-refractivity contribution in [1.29, 1.82) is 0 Å². The van der Waals surface area contributed by atoms with Crippen molar-refractivity contribution in [2.24, 2.45) is 0 Å².